The van der Waals surface area contributed by atoms with Crippen LogP contribution in [0.25, 0.3) is 0 Å². The van der Waals surface area contributed by atoms with E-state index in [0.29, 0.717) is 6.54 Å². The smallest absolute Gasteiger partial charge is 0.144 e. The van der Waals surface area contributed by atoms with Crippen molar-refractivity contribution < 1.29 is 0 Å². The summed E-state index contributed by atoms with van der Waals surface area (Å²) in [5.41, 5.74) is 2.04. The lowest BCUT2D eigenvalue weighted by atomic mass is 10.3. The molecule has 0 amide bonds. The summed E-state index contributed by atoms with van der Waals surface area (Å²) >= 11 is 0. The molecule has 0 radical (unpaired) electrons. The van der Waals surface area contributed by atoms with E-state index < -0.39 is 0 Å². The minimum Gasteiger partial charge on any atom is -0.370 e. The summed E-state index contributed by atoms with van der Waals surface area (Å²) in [5.74, 6) is 1.75. The molecule has 1 N–H and O–H groups in total. The van der Waals surface area contributed by atoms with Crippen LogP contribution in [0.2, 0.25) is 0 Å². The monoisotopic (exact) mass is 285 g/mol. The molecule has 0 spiro atoms. The Morgan fingerprint density at radius 1 is 1.19 bits per heavy atom. The third kappa shape index (κ3) is 5.11. The van der Waals surface area contributed by atoms with Crippen molar-refractivity contribution >= 4 is 5.82 Å². The molecule has 21 heavy (non-hydrogen) atoms. The maximum atomic E-state index is 4.57. The molecule has 0 saturated heterocycles. The molecular weight excluding hydrogens is 262 g/mol. The van der Waals surface area contributed by atoms with Gasteiger partial charge in [0.05, 0.1) is 12.2 Å². The molecule has 2 heterocycles. The summed E-state index contributed by atoms with van der Waals surface area (Å²) in [6, 6.07) is 7.95. The summed E-state index contributed by atoms with van der Waals surface area (Å²) in [7, 11) is 2.06. The molecule has 5 nitrogen and oxygen atoms in total. The van der Waals surface area contributed by atoms with Crippen LogP contribution in [0, 0.1) is 6.92 Å². The Hall–Kier alpha value is -2.01. The maximum absolute atomic E-state index is 4.57. The molecular formula is C16H23N5. The van der Waals surface area contributed by atoms with E-state index in [1.54, 1.807) is 0 Å². The van der Waals surface area contributed by atoms with Gasteiger partial charge < -0.3 is 5.32 Å². The molecule has 0 aliphatic heterocycles. The van der Waals surface area contributed by atoms with Crippen LogP contribution in [-0.4, -0.2) is 33.4 Å². The largest absolute Gasteiger partial charge is 0.370 e. The number of aryl methyl sites for hydroxylation is 1. The van der Waals surface area contributed by atoms with E-state index in [1.807, 2.05) is 37.4 Å². The van der Waals surface area contributed by atoms with Crippen molar-refractivity contribution in [2.24, 2.45) is 0 Å². The van der Waals surface area contributed by atoms with Gasteiger partial charge >= 0.3 is 0 Å². The van der Waals surface area contributed by atoms with Gasteiger partial charge in [0.2, 0.25) is 0 Å². The van der Waals surface area contributed by atoms with E-state index in [0.717, 1.165) is 42.5 Å². The predicted octanol–water partition coefficient (Wildman–Crippen LogP) is 2.63. The van der Waals surface area contributed by atoms with Crippen LogP contribution in [0.3, 0.4) is 0 Å². The first-order valence-corrected chi connectivity index (χ1v) is 7.34. The van der Waals surface area contributed by atoms with Crippen molar-refractivity contribution in [1.82, 2.24) is 19.9 Å². The quantitative estimate of drug-likeness (QED) is 0.847. The first-order valence-electron chi connectivity index (χ1n) is 7.34. The van der Waals surface area contributed by atoms with Crippen LogP contribution in [0.5, 0.6) is 0 Å². The average Bonchev–Trinajstić information content (AvgIpc) is 2.45. The molecule has 0 aliphatic rings. The van der Waals surface area contributed by atoms with Gasteiger partial charge in [0.15, 0.2) is 0 Å². The van der Waals surface area contributed by atoms with E-state index in [9.17, 15) is 0 Å². The van der Waals surface area contributed by atoms with Crippen molar-refractivity contribution in [2.45, 2.75) is 33.4 Å². The van der Waals surface area contributed by atoms with E-state index in [2.05, 4.69) is 39.1 Å². The summed E-state index contributed by atoms with van der Waals surface area (Å²) in [6.07, 6.45) is 2.90. The van der Waals surface area contributed by atoms with Crippen LogP contribution in [0.15, 0.2) is 30.5 Å². The molecule has 0 bridgehead atoms. The number of hydrogen-bond donors (Lipinski definition) is 1. The van der Waals surface area contributed by atoms with Gasteiger partial charge in [-0.05, 0) is 32.5 Å². The SMILES string of the molecule is CCCNc1cc(C)nc(CN(C)Cc2ccccn2)n1. The minimum atomic E-state index is 0.707. The third-order valence-corrected chi connectivity index (χ3v) is 3.03. The van der Waals surface area contributed by atoms with Crippen LogP contribution >= 0.6 is 0 Å². The average molecular weight is 285 g/mol. The van der Waals surface area contributed by atoms with Gasteiger partial charge in [-0.25, -0.2) is 9.97 Å². The number of nitrogens with zero attached hydrogens (tertiary/aromatic N) is 4. The summed E-state index contributed by atoms with van der Waals surface area (Å²) in [4.78, 5) is 15.6. The molecule has 2 aromatic rings. The van der Waals surface area contributed by atoms with E-state index in [4.69, 9.17) is 0 Å². The fraction of sp³-hybridized carbons (Fsp3) is 0.438. The first kappa shape index (κ1) is 15.4. The van der Waals surface area contributed by atoms with Crippen molar-refractivity contribution in [3.63, 3.8) is 0 Å². The summed E-state index contributed by atoms with van der Waals surface area (Å²) < 4.78 is 0. The maximum Gasteiger partial charge on any atom is 0.144 e. The van der Waals surface area contributed by atoms with Crippen LogP contribution in [-0.2, 0) is 13.1 Å². The van der Waals surface area contributed by atoms with Crippen molar-refractivity contribution in [2.75, 3.05) is 18.9 Å². The number of aromatic nitrogens is 3. The van der Waals surface area contributed by atoms with Gasteiger partial charge in [-0.15, -0.1) is 0 Å². The van der Waals surface area contributed by atoms with E-state index in [1.165, 1.54) is 0 Å². The highest BCUT2D eigenvalue weighted by Crippen LogP contribution is 2.09. The van der Waals surface area contributed by atoms with Crippen LogP contribution < -0.4 is 5.32 Å². The third-order valence-electron chi connectivity index (χ3n) is 3.03. The molecule has 0 atom stereocenters. The Kier molecular flexibility index (Phi) is 5.63. The van der Waals surface area contributed by atoms with E-state index in [-0.39, 0.29) is 0 Å². The zero-order chi connectivity index (χ0) is 15.1. The number of hydrogen-bond acceptors (Lipinski definition) is 5. The molecule has 2 rings (SSSR count). The Bertz CT molecular complexity index is 556. The van der Waals surface area contributed by atoms with Crippen molar-refractivity contribution in [3.05, 3.63) is 47.7 Å². The topological polar surface area (TPSA) is 53.9 Å². The fourth-order valence-electron chi connectivity index (χ4n) is 2.11. The first-order chi connectivity index (χ1) is 10.2. The Morgan fingerprint density at radius 3 is 2.76 bits per heavy atom. The molecule has 2 aromatic heterocycles. The highest BCUT2D eigenvalue weighted by atomic mass is 15.1. The zero-order valence-electron chi connectivity index (χ0n) is 13.0. The predicted molar refractivity (Wildman–Crippen MR) is 85.0 cm³/mol. The number of nitrogens with one attached hydrogen (secondary N) is 1. The minimum absolute atomic E-state index is 0.707. The Balaban J connectivity index is 1.99. The van der Waals surface area contributed by atoms with Gasteiger partial charge in [-0.3, -0.25) is 9.88 Å². The van der Waals surface area contributed by atoms with Gasteiger partial charge in [-0.2, -0.15) is 0 Å². The lowest BCUT2D eigenvalue weighted by molar-refractivity contribution is 0.306. The number of pyridine rings is 1. The number of rotatable bonds is 7. The zero-order valence-corrected chi connectivity index (χ0v) is 13.0. The van der Waals surface area contributed by atoms with Gasteiger partial charge in [-0.1, -0.05) is 13.0 Å². The van der Waals surface area contributed by atoms with Gasteiger partial charge in [0.25, 0.3) is 0 Å². The summed E-state index contributed by atoms with van der Waals surface area (Å²) in [6.45, 7) is 6.57. The molecule has 0 unspecified atom stereocenters. The van der Waals surface area contributed by atoms with Crippen LogP contribution in [0.4, 0.5) is 5.82 Å². The Labute approximate surface area is 126 Å². The standard InChI is InChI=1S/C16H23N5/c1-4-8-18-15-10-13(2)19-16(20-15)12-21(3)11-14-7-5-6-9-17-14/h5-7,9-10H,4,8,11-12H2,1-3H3,(H,18,19,20). The van der Waals surface area contributed by atoms with Crippen molar-refractivity contribution in [3.8, 4) is 0 Å². The second kappa shape index (κ2) is 7.69. The highest BCUT2D eigenvalue weighted by Gasteiger charge is 2.07. The van der Waals surface area contributed by atoms with Crippen LogP contribution in [0.1, 0.15) is 30.6 Å². The second-order valence-corrected chi connectivity index (χ2v) is 5.23. The molecule has 0 saturated carbocycles. The Morgan fingerprint density at radius 2 is 2.05 bits per heavy atom. The fourth-order valence-corrected chi connectivity index (χ4v) is 2.11. The molecule has 5 heteroatoms. The van der Waals surface area contributed by atoms with Gasteiger partial charge in [0, 0.05) is 31.0 Å². The van der Waals surface area contributed by atoms with Crippen molar-refractivity contribution in [1.29, 1.82) is 0 Å². The molecule has 0 fully saturated rings. The molecule has 112 valence electrons. The highest BCUT2D eigenvalue weighted by molar-refractivity contribution is 5.35. The molecule has 0 aromatic carbocycles. The number of anilines is 1. The molecule has 0 aliphatic carbocycles. The second-order valence-electron chi connectivity index (χ2n) is 5.23. The van der Waals surface area contributed by atoms with E-state index >= 15 is 0 Å². The normalized spacial score (nSPS) is 10.9. The lowest BCUT2D eigenvalue weighted by Crippen LogP contribution is -2.20. The lowest BCUT2D eigenvalue weighted by Gasteiger charge is -2.16. The summed E-state index contributed by atoms with van der Waals surface area (Å²) in [5, 5.41) is 3.32. The van der Waals surface area contributed by atoms with Gasteiger partial charge in [0.1, 0.15) is 11.6 Å².